The van der Waals surface area contributed by atoms with E-state index in [9.17, 15) is 4.79 Å². The molecule has 0 radical (unpaired) electrons. The smallest absolute Gasteiger partial charge is 0.275 e. The fourth-order valence-corrected chi connectivity index (χ4v) is 2.61. The summed E-state index contributed by atoms with van der Waals surface area (Å²) in [4.78, 5) is 20.8. The van der Waals surface area contributed by atoms with Gasteiger partial charge in [-0.25, -0.2) is 9.97 Å². The van der Waals surface area contributed by atoms with Crippen LogP contribution in [0.2, 0.25) is 5.02 Å². The van der Waals surface area contributed by atoms with Gasteiger partial charge in [-0.2, -0.15) is 0 Å². The number of rotatable bonds is 5. The number of carbonyl (C=O) groups excluding carboxylic acids is 1. The SMILES string of the molecule is COc1ccc(C)cc1Nc1cnc(C(=O)Nc2ccc(C)c(Cl)c2)cn1. The van der Waals surface area contributed by atoms with Crippen molar-refractivity contribution >= 4 is 34.7 Å². The first-order valence-electron chi connectivity index (χ1n) is 8.27. The second-order valence-corrected chi connectivity index (χ2v) is 6.44. The highest BCUT2D eigenvalue weighted by atomic mass is 35.5. The molecule has 7 heteroatoms. The number of hydrogen-bond donors (Lipinski definition) is 2. The fraction of sp³-hybridized carbons (Fsp3) is 0.150. The van der Waals surface area contributed by atoms with Gasteiger partial charge in [-0.1, -0.05) is 23.7 Å². The first-order valence-corrected chi connectivity index (χ1v) is 8.65. The van der Waals surface area contributed by atoms with E-state index in [-0.39, 0.29) is 11.6 Å². The average molecular weight is 383 g/mol. The maximum absolute atomic E-state index is 12.3. The van der Waals surface area contributed by atoms with Crippen LogP contribution in [-0.4, -0.2) is 23.0 Å². The monoisotopic (exact) mass is 382 g/mol. The van der Waals surface area contributed by atoms with E-state index in [4.69, 9.17) is 16.3 Å². The lowest BCUT2D eigenvalue weighted by atomic mass is 10.2. The number of nitrogens with zero attached hydrogens (tertiary/aromatic N) is 2. The molecule has 0 unspecified atom stereocenters. The average Bonchev–Trinajstić information content (AvgIpc) is 2.65. The predicted octanol–water partition coefficient (Wildman–Crippen LogP) is 4.75. The summed E-state index contributed by atoms with van der Waals surface area (Å²) in [6.07, 6.45) is 2.91. The van der Waals surface area contributed by atoms with Gasteiger partial charge in [0.05, 0.1) is 25.2 Å². The van der Waals surface area contributed by atoms with Gasteiger partial charge in [0.25, 0.3) is 5.91 Å². The van der Waals surface area contributed by atoms with E-state index < -0.39 is 0 Å². The number of nitrogens with one attached hydrogen (secondary N) is 2. The zero-order valence-corrected chi connectivity index (χ0v) is 16.0. The fourth-order valence-electron chi connectivity index (χ4n) is 2.43. The summed E-state index contributed by atoms with van der Waals surface area (Å²) in [5.41, 5.74) is 3.60. The molecule has 1 aromatic heterocycles. The maximum atomic E-state index is 12.3. The summed E-state index contributed by atoms with van der Waals surface area (Å²) in [5.74, 6) is 0.844. The van der Waals surface area contributed by atoms with Gasteiger partial charge in [-0.05, 0) is 49.2 Å². The molecule has 27 heavy (non-hydrogen) atoms. The Morgan fingerprint density at radius 1 is 1.07 bits per heavy atom. The number of amides is 1. The van der Waals surface area contributed by atoms with Gasteiger partial charge in [0.15, 0.2) is 0 Å². The van der Waals surface area contributed by atoms with Crippen molar-refractivity contribution in [3.05, 3.63) is 70.6 Å². The molecule has 0 aliphatic carbocycles. The molecule has 1 heterocycles. The molecule has 0 aliphatic heterocycles. The Labute approximate surface area is 162 Å². The van der Waals surface area contributed by atoms with E-state index in [1.54, 1.807) is 19.2 Å². The molecular weight excluding hydrogens is 364 g/mol. The van der Waals surface area contributed by atoms with Crippen LogP contribution in [0, 0.1) is 13.8 Å². The molecule has 0 saturated heterocycles. The molecule has 138 valence electrons. The van der Waals surface area contributed by atoms with Gasteiger partial charge in [0.2, 0.25) is 0 Å². The zero-order valence-electron chi connectivity index (χ0n) is 15.2. The zero-order chi connectivity index (χ0) is 19.4. The van der Waals surface area contributed by atoms with Crippen molar-refractivity contribution < 1.29 is 9.53 Å². The summed E-state index contributed by atoms with van der Waals surface area (Å²) in [6, 6.07) is 11.1. The van der Waals surface area contributed by atoms with Crippen LogP contribution in [0.4, 0.5) is 17.2 Å². The molecule has 0 saturated carbocycles. The molecule has 2 N–H and O–H groups in total. The number of anilines is 3. The minimum Gasteiger partial charge on any atom is -0.495 e. The normalized spacial score (nSPS) is 10.4. The van der Waals surface area contributed by atoms with Crippen LogP contribution in [0.5, 0.6) is 5.75 Å². The minimum absolute atomic E-state index is 0.202. The van der Waals surface area contributed by atoms with Gasteiger partial charge < -0.3 is 15.4 Å². The highest BCUT2D eigenvalue weighted by molar-refractivity contribution is 6.31. The van der Waals surface area contributed by atoms with Crippen molar-refractivity contribution in [1.82, 2.24) is 9.97 Å². The van der Waals surface area contributed by atoms with E-state index in [1.165, 1.54) is 12.4 Å². The van der Waals surface area contributed by atoms with Crippen molar-refractivity contribution in [3.8, 4) is 5.75 Å². The number of carbonyl (C=O) groups is 1. The van der Waals surface area contributed by atoms with E-state index >= 15 is 0 Å². The van der Waals surface area contributed by atoms with Crippen LogP contribution in [-0.2, 0) is 0 Å². The second kappa shape index (κ2) is 8.05. The summed E-state index contributed by atoms with van der Waals surface area (Å²) < 4.78 is 5.33. The van der Waals surface area contributed by atoms with Gasteiger partial charge >= 0.3 is 0 Å². The lowest BCUT2D eigenvalue weighted by Crippen LogP contribution is -2.14. The number of benzene rings is 2. The number of halogens is 1. The quantitative estimate of drug-likeness (QED) is 0.665. The van der Waals surface area contributed by atoms with Gasteiger partial charge in [0, 0.05) is 10.7 Å². The molecule has 0 spiro atoms. The van der Waals surface area contributed by atoms with Crippen LogP contribution in [0.15, 0.2) is 48.8 Å². The van der Waals surface area contributed by atoms with E-state index in [0.29, 0.717) is 22.3 Å². The molecule has 0 atom stereocenters. The Kier molecular flexibility index (Phi) is 5.57. The lowest BCUT2D eigenvalue weighted by Gasteiger charge is -2.11. The minimum atomic E-state index is -0.359. The largest absolute Gasteiger partial charge is 0.495 e. The van der Waals surface area contributed by atoms with Crippen LogP contribution in [0.1, 0.15) is 21.6 Å². The standard InChI is InChI=1S/C20H19ClN4O2/c1-12-4-7-18(27-3)16(8-12)25-19-11-22-17(10-23-19)20(26)24-14-6-5-13(2)15(21)9-14/h4-11H,1-3H3,(H,23,25)(H,24,26). The molecule has 1 amide bonds. The maximum Gasteiger partial charge on any atom is 0.275 e. The summed E-state index contributed by atoms with van der Waals surface area (Å²) in [5, 5.41) is 6.49. The Morgan fingerprint density at radius 2 is 1.89 bits per heavy atom. The molecule has 0 fully saturated rings. The third-order valence-electron chi connectivity index (χ3n) is 3.93. The third-order valence-corrected chi connectivity index (χ3v) is 4.34. The summed E-state index contributed by atoms with van der Waals surface area (Å²) >= 11 is 6.08. The van der Waals surface area contributed by atoms with E-state index in [2.05, 4.69) is 20.6 Å². The van der Waals surface area contributed by atoms with Crippen LogP contribution < -0.4 is 15.4 Å². The van der Waals surface area contributed by atoms with Crippen molar-refractivity contribution in [1.29, 1.82) is 0 Å². The summed E-state index contributed by atoms with van der Waals surface area (Å²) in [6.45, 7) is 3.88. The summed E-state index contributed by atoms with van der Waals surface area (Å²) in [7, 11) is 1.60. The number of methoxy groups -OCH3 is 1. The van der Waals surface area contributed by atoms with Crippen LogP contribution in [0.3, 0.4) is 0 Å². The third kappa shape index (κ3) is 4.54. The Hall–Kier alpha value is -3.12. The van der Waals surface area contributed by atoms with Crippen LogP contribution in [0.25, 0.3) is 0 Å². The molecule has 0 bridgehead atoms. The Balaban J connectivity index is 1.72. The molecule has 3 rings (SSSR count). The lowest BCUT2D eigenvalue weighted by molar-refractivity contribution is 0.102. The van der Waals surface area contributed by atoms with Crippen molar-refractivity contribution in [2.75, 3.05) is 17.7 Å². The molecule has 2 aromatic carbocycles. The van der Waals surface area contributed by atoms with Crippen molar-refractivity contribution in [2.45, 2.75) is 13.8 Å². The number of ether oxygens (including phenoxy) is 1. The van der Waals surface area contributed by atoms with E-state index in [0.717, 1.165) is 16.8 Å². The van der Waals surface area contributed by atoms with Gasteiger partial charge in [-0.3, -0.25) is 4.79 Å². The molecular formula is C20H19ClN4O2. The van der Waals surface area contributed by atoms with Crippen LogP contribution >= 0.6 is 11.6 Å². The first-order chi connectivity index (χ1) is 13.0. The highest BCUT2D eigenvalue weighted by Crippen LogP contribution is 2.27. The highest BCUT2D eigenvalue weighted by Gasteiger charge is 2.10. The molecule has 6 nitrogen and oxygen atoms in total. The number of hydrogen-bond acceptors (Lipinski definition) is 5. The number of aryl methyl sites for hydroxylation is 2. The van der Waals surface area contributed by atoms with Gasteiger partial charge in [0.1, 0.15) is 17.3 Å². The van der Waals surface area contributed by atoms with Gasteiger partial charge in [-0.15, -0.1) is 0 Å². The van der Waals surface area contributed by atoms with Crippen molar-refractivity contribution in [2.24, 2.45) is 0 Å². The Morgan fingerprint density at radius 3 is 2.56 bits per heavy atom. The topological polar surface area (TPSA) is 76.1 Å². The predicted molar refractivity (Wildman–Crippen MR) is 107 cm³/mol. The second-order valence-electron chi connectivity index (χ2n) is 6.03. The number of aromatic nitrogens is 2. The van der Waals surface area contributed by atoms with E-state index in [1.807, 2.05) is 38.1 Å². The molecule has 0 aliphatic rings. The Bertz CT molecular complexity index is 974. The van der Waals surface area contributed by atoms with Crippen molar-refractivity contribution in [3.63, 3.8) is 0 Å². The molecule has 3 aromatic rings. The first kappa shape index (κ1) is 18.7.